The number of benzene rings is 2. The Kier molecular flexibility index (Phi) is 8.54. The minimum absolute atomic E-state index is 0.156. The fraction of sp³-hybridized carbons (Fsp3) is 0.312. The molecule has 1 aliphatic heterocycles. The van der Waals surface area contributed by atoms with Gasteiger partial charge in [0.15, 0.2) is 0 Å². The Hall–Kier alpha value is -4.31. The van der Waals surface area contributed by atoms with E-state index >= 15 is 0 Å². The molecule has 1 aliphatic rings. The van der Waals surface area contributed by atoms with Crippen LogP contribution in [0.3, 0.4) is 0 Å². The highest BCUT2D eigenvalue weighted by atomic mass is 32.2. The van der Waals surface area contributed by atoms with E-state index in [2.05, 4.69) is 10.3 Å². The number of hydrogen-bond acceptors (Lipinski definition) is 7. The number of nitrogens with zero attached hydrogens (tertiary/aromatic N) is 4. The van der Waals surface area contributed by atoms with Crippen molar-refractivity contribution in [3.05, 3.63) is 89.7 Å². The SMILES string of the molecule is COc1ccc(OC)c(C2SCC(=O)N(CC(=O)NCc3ccccn3)c3c2c(-c2ccccc2)nn3C(C)(C)C)c1. The van der Waals surface area contributed by atoms with E-state index in [1.54, 1.807) is 25.3 Å². The fourth-order valence-electron chi connectivity index (χ4n) is 4.98. The summed E-state index contributed by atoms with van der Waals surface area (Å²) < 4.78 is 13.3. The molecule has 1 unspecified atom stereocenters. The van der Waals surface area contributed by atoms with Crippen LogP contribution in [-0.4, -0.2) is 53.1 Å². The smallest absolute Gasteiger partial charge is 0.240 e. The van der Waals surface area contributed by atoms with Crippen LogP contribution >= 0.6 is 11.8 Å². The summed E-state index contributed by atoms with van der Waals surface area (Å²) in [4.78, 5) is 33.1. The average Bonchev–Trinajstić information content (AvgIpc) is 3.34. The number of methoxy groups -OCH3 is 2. The van der Waals surface area contributed by atoms with Crippen LogP contribution in [0.1, 0.15) is 42.8 Å². The van der Waals surface area contributed by atoms with E-state index in [1.807, 2.05) is 92.2 Å². The van der Waals surface area contributed by atoms with Gasteiger partial charge in [0.2, 0.25) is 11.8 Å². The Balaban J connectivity index is 1.68. The number of amides is 2. The molecule has 2 aromatic carbocycles. The van der Waals surface area contributed by atoms with Gasteiger partial charge in [0, 0.05) is 22.9 Å². The van der Waals surface area contributed by atoms with Crippen molar-refractivity contribution < 1.29 is 19.1 Å². The van der Waals surface area contributed by atoms with Gasteiger partial charge < -0.3 is 14.8 Å². The number of fused-ring (bicyclic) bond motifs is 1. The van der Waals surface area contributed by atoms with Crippen LogP contribution in [0.4, 0.5) is 5.82 Å². The van der Waals surface area contributed by atoms with Crippen LogP contribution in [0.2, 0.25) is 0 Å². The standard InChI is InChI=1S/C32H35N5O4S/c1-32(2,3)37-31-28(29(35-37)21-11-7-6-8-12-21)30(24-17-23(40-4)14-15-25(24)41-5)42-20-27(39)36(31)19-26(38)34-18-22-13-9-10-16-33-22/h6-17,30H,18-20H2,1-5H3,(H,34,38). The van der Waals surface area contributed by atoms with Crippen LogP contribution in [0.5, 0.6) is 11.5 Å². The number of hydrogen-bond donors (Lipinski definition) is 1. The van der Waals surface area contributed by atoms with Crippen molar-refractivity contribution in [1.82, 2.24) is 20.1 Å². The van der Waals surface area contributed by atoms with Crippen LogP contribution < -0.4 is 19.7 Å². The number of anilines is 1. The molecule has 0 bridgehead atoms. The zero-order chi connectivity index (χ0) is 29.9. The predicted octanol–water partition coefficient (Wildman–Crippen LogP) is 5.20. The third kappa shape index (κ3) is 5.99. The molecule has 0 saturated carbocycles. The molecule has 3 heterocycles. The number of nitrogens with one attached hydrogen (secondary N) is 1. The van der Waals surface area contributed by atoms with Gasteiger partial charge in [0.25, 0.3) is 0 Å². The summed E-state index contributed by atoms with van der Waals surface area (Å²) in [6.07, 6.45) is 1.68. The van der Waals surface area contributed by atoms with Gasteiger partial charge >= 0.3 is 0 Å². The third-order valence-electron chi connectivity index (χ3n) is 6.99. The topological polar surface area (TPSA) is 98.6 Å². The van der Waals surface area contributed by atoms with E-state index in [4.69, 9.17) is 14.6 Å². The Bertz CT molecular complexity index is 1570. The van der Waals surface area contributed by atoms with Gasteiger partial charge in [-0.3, -0.25) is 19.5 Å². The number of rotatable bonds is 8. The van der Waals surface area contributed by atoms with Crippen molar-refractivity contribution in [2.24, 2.45) is 0 Å². The number of thioether (sulfide) groups is 1. The number of ether oxygens (including phenoxy) is 2. The fourth-order valence-corrected chi connectivity index (χ4v) is 6.19. The molecular weight excluding hydrogens is 550 g/mol. The second-order valence-electron chi connectivity index (χ2n) is 10.9. The molecule has 2 amide bonds. The molecule has 5 rings (SSSR count). The first kappa shape index (κ1) is 29.2. The lowest BCUT2D eigenvalue weighted by Gasteiger charge is -2.29. The molecule has 10 heteroatoms. The molecule has 0 saturated heterocycles. The summed E-state index contributed by atoms with van der Waals surface area (Å²) in [6, 6.07) is 21.1. The van der Waals surface area contributed by atoms with Gasteiger partial charge in [-0.25, -0.2) is 4.68 Å². The zero-order valence-corrected chi connectivity index (χ0v) is 25.3. The molecule has 218 valence electrons. The second kappa shape index (κ2) is 12.3. The van der Waals surface area contributed by atoms with Gasteiger partial charge in [0.1, 0.15) is 23.9 Å². The van der Waals surface area contributed by atoms with Crippen LogP contribution in [0, 0.1) is 0 Å². The molecular formula is C32H35N5O4S. The largest absolute Gasteiger partial charge is 0.497 e. The van der Waals surface area contributed by atoms with Gasteiger partial charge in [-0.2, -0.15) is 5.10 Å². The Labute approximate surface area is 250 Å². The van der Waals surface area contributed by atoms with Crippen molar-refractivity contribution in [1.29, 1.82) is 0 Å². The molecule has 0 fully saturated rings. The summed E-state index contributed by atoms with van der Waals surface area (Å²) >= 11 is 1.49. The first-order chi connectivity index (χ1) is 20.2. The Morgan fingerprint density at radius 3 is 2.48 bits per heavy atom. The maximum Gasteiger partial charge on any atom is 0.240 e. The number of aromatic nitrogens is 3. The van der Waals surface area contributed by atoms with E-state index in [0.717, 1.165) is 28.1 Å². The van der Waals surface area contributed by atoms with E-state index < -0.39 is 5.54 Å². The highest BCUT2D eigenvalue weighted by molar-refractivity contribution is 8.00. The summed E-state index contributed by atoms with van der Waals surface area (Å²) in [6.45, 7) is 6.23. The van der Waals surface area contributed by atoms with Crippen LogP contribution in [-0.2, 0) is 21.7 Å². The maximum atomic E-state index is 13.9. The third-order valence-corrected chi connectivity index (χ3v) is 8.22. The Morgan fingerprint density at radius 2 is 1.81 bits per heavy atom. The van der Waals surface area contributed by atoms with Crippen molar-refractivity contribution >= 4 is 29.4 Å². The molecule has 4 aromatic rings. The van der Waals surface area contributed by atoms with Crippen LogP contribution in [0.15, 0.2) is 72.9 Å². The highest BCUT2D eigenvalue weighted by Gasteiger charge is 2.40. The van der Waals surface area contributed by atoms with E-state index in [0.29, 0.717) is 17.3 Å². The molecule has 0 aliphatic carbocycles. The summed E-state index contributed by atoms with van der Waals surface area (Å²) in [5.74, 6) is 1.65. The molecule has 0 radical (unpaired) electrons. The van der Waals surface area contributed by atoms with Gasteiger partial charge in [-0.1, -0.05) is 36.4 Å². The average molecular weight is 586 g/mol. The highest BCUT2D eigenvalue weighted by Crippen LogP contribution is 2.51. The molecule has 9 nitrogen and oxygen atoms in total. The number of pyridine rings is 1. The summed E-state index contributed by atoms with van der Waals surface area (Å²) in [5.41, 5.74) is 3.60. The summed E-state index contributed by atoms with van der Waals surface area (Å²) in [5, 5.41) is 7.72. The zero-order valence-electron chi connectivity index (χ0n) is 24.5. The van der Waals surface area contributed by atoms with E-state index in [1.165, 1.54) is 11.8 Å². The monoisotopic (exact) mass is 585 g/mol. The van der Waals surface area contributed by atoms with Crippen molar-refractivity contribution in [3.63, 3.8) is 0 Å². The minimum atomic E-state index is -0.502. The number of carbonyl (C=O) groups excluding carboxylic acids is 2. The van der Waals surface area contributed by atoms with Gasteiger partial charge in [0.05, 0.1) is 48.7 Å². The molecule has 2 aromatic heterocycles. The minimum Gasteiger partial charge on any atom is -0.497 e. The molecule has 42 heavy (non-hydrogen) atoms. The van der Waals surface area contributed by atoms with E-state index in [-0.39, 0.29) is 35.9 Å². The Morgan fingerprint density at radius 1 is 1.05 bits per heavy atom. The number of carbonyl (C=O) groups is 2. The normalized spacial score (nSPS) is 15.1. The van der Waals surface area contributed by atoms with Crippen molar-refractivity contribution in [2.75, 3.05) is 31.4 Å². The first-order valence-electron chi connectivity index (χ1n) is 13.7. The predicted molar refractivity (Wildman–Crippen MR) is 165 cm³/mol. The lowest BCUT2D eigenvalue weighted by atomic mass is 9.98. The maximum absolute atomic E-state index is 13.9. The molecule has 1 N–H and O–H groups in total. The lowest BCUT2D eigenvalue weighted by Crippen LogP contribution is -2.43. The second-order valence-corrected chi connectivity index (χ2v) is 12.0. The van der Waals surface area contributed by atoms with Crippen molar-refractivity contribution in [2.45, 2.75) is 38.1 Å². The van der Waals surface area contributed by atoms with Crippen LogP contribution in [0.25, 0.3) is 11.3 Å². The lowest BCUT2D eigenvalue weighted by molar-refractivity contribution is -0.123. The van der Waals surface area contributed by atoms with Gasteiger partial charge in [-0.15, -0.1) is 11.8 Å². The first-order valence-corrected chi connectivity index (χ1v) is 14.8. The van der Waals surface area contributed by atoms with Crippen molar-refractivity contribution in [3.8, 4) is 22.8 Å². The quantitative estimate of drug-likeness (QED) is 0.303. The summed E-state index contributed by atoms with van der Waals surface area (Å²) in [7, 11) is 3.26. The molecule has 1 atom stereocenters. The molecule has 0 spiro atoms. The van der Waals surface area contributed by atoms with E-state index in [9.17, 15) is 9.59 Å². The van der Waals surface area contributed by atoms with Gasteiger partial charge in [-0.05, 0) is 51.1 Å².